The second-order valence-electron chi connectivity index (χ2n) is 25.4. The van der Waals surface area contributed by atoms with Crippen LogP contribution in [0.1, 0.15) is 223 Å². The highest BCUT2D eigenvalue weighted by Gasteiger charge is 2.65. The second kappa shape index (κ2) is 32.3. The molecule has 0 spiro atoms. The van der Waals surface area contributed by atoms with E-state index in [-0.39, 0.29) is 47.0 Å². The van der Waals surface area contributed by atoms with E-state index in [1.165, 1.54) is 80.4 Å². The summed E-state index contributed by atoms with van der Waals surface area (Å²) >= 11 is 0. The fourth-order valence-electron chi connectivity index (χ4n) is 10.9. The zero-order chi connectivity index (χ0) is 62.8. The van der Waals surface area contributed by atoms with E-state index in [9.17, 15) is 45.4 Å². The van der Waals surface area contributed by atoms with Gasteiger partial charge in [-0.15, -0.1) is 0 Å². The summed E-state index contributed by atoms with van der Waals surface area (Å²) in [5, 5.41) is -0.448. The van der Waals surface area contributed by atoms with E-state index >= 15 is 0 Å². The molecule has 1 aromatic carbocycles. The van der Waals surface area contributed by atoms with E-state index in [1.54, 1.807) is 46.6 Å². The Hall–Kier alpha value is -3.72. The topological polar surface area (TPSA) is 241 Å². The van der Waals surface area contributed by atoms with Crippen LogP contribution in [0.4, 0.5) is 0 Å². The summed E-state index contributed by atoms with van der Waals surface area (Å²) in [4.78, 5) is 60.1. The van der Waals surface area contributed by atoms with E-state index in [4.69, 9.17) is 27.9 Å². The van der Waals surface area contributed by atoms with E-state index in [0.29, 0.717) is 42.2 Å². The summed E-state index contributed by atoms with van der Waals surface area (Å²) in [7, 11) is -5.56. The molecule has 0 radical (unpaired) electrons. The molecule has 4 aliphatic carbocycles. The summed E-state index contributed by atoms with van der Waals surface area (Å²) in [6.07, 6.45) is 19.7. The van der Waals surface area contributed by atoms with E-state index in [0.717, 1.165) is 50.7 Å². The molecular formula is C63H104O17S3. The van der Waals surface area contributed by atoms with Gasteiger partial charge >= 0.3 is 29.8 Å². The molecule has 0 amide bonds. The normalized spacial score (nSPS) is 23.1. The molecular weight excluding hydrogens is 1120 g/mol. The summed E-state index contributed by atoms with van der Waals surface area (Å²) in [6, 6.07) is 4.67. The number of fused-ring (bicyclic) bond motifs is 1. The Morgan fingerprint density at radius 1 is 0.711 bits per heavy atom. The predicted octanol–water partition coefficient (Wildman–Crippen LogP) is 12.3. The molecule has 0 N–H and O–H groups in total. The summed E-state index contributed by atoms with van der Waals surface area (Å²) in [5.74, 6) is 1.27. The van der Waals surface area contributed by atoms with Crippen molar-refractivity contribution in [3.63, 3.8) is 0 Å². The first-order valence-electron chi connectivity index (χ1n) is 30.5. The van der Waals surface area contributed by atoms with Crippen molar-refractivity contribution in [2.45, 2.75) is 259 Å². The monoisotopic (exact) mass is 1230 g/mol. The molecule has 2 aliphatic heterocycles. The lowest BCUT2D eigenvalue weighted by molar-refractivity contribution is -0.175. The SMILES string of the molecule is C=C(C)C(=O)OC1(CC)CCCCC1.CCC(C)(C)C(=O)OCC(=O)OC1C2CC3C1OS(=O)(=O)C3C2.CCC(C)(C)C(=O)OCCS(=O)(=O)[O-].CCC1(OC(=O)C(C)(C)CC)CCCCC1.COc1c(C)cc([S+]2CCCCC2)cc1C. The van der Waals surface area contributed by atoms with Crippen molar-refractivity contribution in [2.75, 3.05) is 37.6 Å². The highest BCUT2D eigenvalue weighted by Crippen LogP contribution is 2.55. The van der Waals surface area contributed by atoms with Gasteiger partial charge in [0.2, 0.25) is 0 Å². The largest absolute Gasteiger partial charge is 0.748 e. The van der Waals surface area contributed by atoms with Crippen LogP contribution in [0.15, 0.2) is 29.2 Å². The standard InChI is InChI=1S/C15H22O7S.C14H26O2.C14H21OS.C12H20O2.C8H16O5S/c1-4-15(2,3)14(17)20-7-11(16)21-12-8-5-9-10(6-8)23(18,19)22-13(9)12;1-5-13(3,4)12(15)16-14(6-2)10-8-7-9-11-14;1-11-9-13(10-12(2)14(11)15-3)16-7-5-4-6-8-16;1-4-12(8-6-5-7-9-12)14-11(13)10(2)3;1-4-8(2,3)7(9)13-5-6-14(10,11)12/h8-10,12-13H,4-7H2,1-3H3;5-11H2,1-4H3;9-10H,4-8H2,1-3H3;2,4-9H2,1,3H3;4-6H2,1-3H3,(H,10,11,12)/q;;+1;;/p-1. The predicted molar refractivity (Wildman–Crippen MR) is 323 cm³/mol. The van der Waals surface area contributed by atoms with Crippen LogP contribution in [0.3, 0.4) is 0 Å². The van der Waals surface area contributed by atoms with Crippen LogP contribution in [0, 0.1) is 41.9 Å². The third-order valence-corrected chi connectivity index (χ3v) is 22.8. The lowest BCUT2D eigenvalue weighted by Crippen LogP contribution is -2.40. The van der Waals surface area contributed by atoms with E-state index in [1.807, 2.05) is 34.6 Å². The molecule has 6 aliphatic rings. The zero-order valence-electron chi connectivity index (χ0n) is 53.1. The number of benzene rings is 1. The number of hydrogen-bond donors (Lipinski definition) is 0. The number of ether oxygens (including phenoxy) is 6. The van der Waals surface area contributed by atoms with Gasteiger partial charge in [-0.1, -0.05) is 54.0 Å². The maximum Gasteiger partial charge on any atom is 0.344 e. The Bertz CT molecular complexity index is 2510. The Balaban J connectivity index is 0.000000276. The Labute approximate surface area is 502 Å². The number of aryl methyl sites for hydroxylation is 2. The number of hydrogen-bond acceptors (Lipinski definition) is 17. The molecule has 1 aromatic rings. The molecule has 4 saturated carbocycles. The van der Waals surface area contributed by atoms with Gasteiger partial charge < -0.3 is 33.0 Å². The molecule has 2 bridgehead atoms. The van der Waals surface area contributed by atoms with Gasteiger partial charge in [0.1, 0.15) is 47.3 Å². The van der Waals surface area contributed by atoms with Crippen molar-refractivity contribution < 1.29 is 78.0 Å². The zero-order valence-corrected chi connectivity index (χ0v) is 55.5. The van der Waals surface area contributed by atoms with Crippen LogP contribution < -0.4 is 4.74 Å². The molecule has 83 heavy (non-hydrogen) atoms. The second-order valence-corrected chi connectivity index (χ2v) is 31.0. The first-order chi connectivity index (χ1) is 38.6. The molecule has 17 nitrogen and oxygen atoms in total. The average molecular weight is 1230 g/mol. The van der Waals surface area contributed by atoms with Gasteiger partial charge in [0.05, 0.1) is 44.5 Å². The first-order valence-corrected chi connectivity index (χ1v) is 35.1. The van der Waals surface area contributed by atoms with Gasteiger partial charge in [0.15, 0.2) is 11.5 Å². The number of carbonyl (C=O) groups is 5. The Morgan fingerprint density at radius 3 is 1.61 bits per heavy atom. The van der Waals surface area contributed by atoms with E-state index in [2.05, 4.69) is 51.1 Å². The van der Waals surface area contributed by atoms with Gasteiger partial charge in [0, 0.05) is 28.3 Å². The molecule has 20 heteroatoms. The van der Waals surface area contributed by atoms with Crippen molar-refractivity contribution in [1.29, 1.82) is 0 Å². The third-order valence-electron chi connectivity index (χ3n) is 17.9. The van der Waals surface area contributed by atoms with Crippen molar-refractivity contribution in [3.05, 3.63) is 35.4 Å². The molecule has 476 valence electrons. The summed E-state index contributed by atoms with van der Waals surface area (Å²) in [5.41, 5.74) is 1.12. The highest BCUT2D eigenvalue weighted by molar-refractivity contribution is 7.97. The van der Waals surface area contributed by atoms with Gasteiger partial charge in [0.25, 0.3) is 10.1 Å². The number of esters is 5. The maximum atomic E-state index is 12.1. The molecule has 5 unspecified atom stereocenters. The van der Waals surface area contributed by atoms with Crippen molar-refractivity contribution in [1.82, 2.24) is 0 Å². The quantitative estimate of drug-likeness (QED) is 0.0312. The van der Waals surface area contributed by atoms with Crippen molar-refractivity contribution >= 4 is 61.0 Å². The van der Waals surface area contributed by atoms with Gasteiger partial charge in [-0.05, 0) is 201 Å². The third kappa shape index (κ3) is 21.9. The minimum Gasteiger partial charge on any atom is -0.748 e. The van der Waals surface area contributed by atoms with Crippen LogP contribution in [0.25, 0.3) is 0 Å². The fourth-order valence-corrected chi connectivity index (χ4v) is 15.6. The van der Waals surface area contributed by atoms with Gasteiger partial charge in [-0.25, -0.2) is 18.0 Å². The minimum atomic E-state index is -4.30. The maximum absolute atomic E-state index is 12.1. The first kappa shape index (κ1) is 73.5. The van der Waals surface area contributed by atoms with E-state index < -0.39 is 78.8 Å². The van der Waals surface area contributed by atoms with Crippen LogP contribution >= 0.6 is 0 Å². The Morgan fingerprint density at radius 2 is 1.17 bits per heavy atom. The molecule has 2 saturated heterocycles. The fraction of sp³-hybridized carbons (Fsp3) is 0.794. The minimum absolute atomic E-state index is 0.0130. The van der Waals surface area contributed by atoms with Crippen LogP contribution in [-0.2, 0) is 83.0 Å². The number of carbonyl (C=O) groups excluding carboxylic acids is 5. The lowest BCUT2D eigenvalue weighted by Gasteiger charge is -2.38. The molecule has 0 aromatic heterocycles. The Kier molecular flexibility index (Phi) is 28.6. The van der Waals surface area contributed by atoms with Crippen LogP contribution in [0.5, 0.6) is 5.75 Å². The molecule has 7 rings (SSSR count). The highest BCUT2D eigenvalue weighted by atomic mass is 32.2. The average Bonchev–Trinajstić information content (AvgIpc) is 2.42. The van der Waals surface area contributed by atoms with Crippen LogP contribution in [0.2, 0.25) is 0 Å². The molecule has 5 atom stereocenters. The number of rotatable bonds is 19. The summed E-state index contributed by atoms with van der Waals surface area (Å²) < 4.78 is 91.2. The van der Waals surface area contributed by atoms with Crippen LogP contribution in [-0.4, -0.2) is 117 Å². The molecule has 2 heterocycles. The van der Waals surface area contributed by atoms with Gasteiger partial charge in [-0.2, -0.15) is 8.42 Å². The van der Waals surface area contributed by atoms with Crippen molar-refractivity contribution in [3.8, 4) is 5.75 Å². The lowest BCUT2D eigenvalue weighted by atomic mass is 9.82. The smallest absolute Gasteiger partial charge is 0.344 e. The summed E-state index contributed by atoms with van der Waals surface area (Å²) in [6.45, 7) is 29.6. The van der Waals surface area contributed by atoms with Crippen molar-refractivity contribution in [2.24, 2.45) is 28.1 Å². The van der Waals surface area contributed by atoms with Gasteiger partial charge in [-0.3, -0.25) is 18.6 Å². The number of methoxy groups -OCH3 is 1. The molecule has 6 fully saturated rings.